The first-order valence-electron chi connectivity index (χ1n) is 9.49. The molecule has 2 aromatic carbocycles. The number of aromatic hydroxyl groups is 1. The van der Waals surface area contributed by atoms with E-state index in [9.17, 15) is 23.8 Å². The van der Waals surface area contributed by atoms with Crippen molar-refractivity contribution in [3.63, 3.8) is 0 Å². The number of halogens is 2. The molecule has 0 atom stereocenters. The number of aliphatic hydroxyl groups is 1. The number of rotatable bonds is 7. The van der Waals surface area contributed by atoms with E-state index in [-0.39, 0.29) is 17.9 Å². The van der Waals surface area contributed by atoms with Crippen LogP contribution in [0, 0.1) is 11.6 Å². The second-order valence-electron chi connectivity index (χ2n) is 7.42. The third-order valence-electron chi connectivity index (χ3n) is 5.08. The molecule has 3 rings (SSSR count). The van der Waals surface area contributed by atoms with Gasteiger partial charge in [0, 0.05) is 19.2 Å². The van der Waals surface area contributed by atoms with Crippen molar-refractivity contribution in [3.05, 3.63) is 53.1 Å². The summed E-state index contributed by atoms with van der Waals surface area (Å²) >= 11 is 0. The van der Waals surface area contributed by atoms with Gasteiger partial charge in [-0.1, -0.05) is 19.3 Å². The van der Waals surface area contributed by atoms with Crippen molar-refractivity contribution in [1.29, 1.82) is 0 Å². The van der Waals surface area contributed by atoms with Gasteiger partial charge in [0.15, 0.2) is 17.4 Å². The van der Waals surface area contributed by atoms with Crippen LogP contribution < -0.4 is 15.8 Å². The van der Waals surface area contributed by atoms with Gasteiger partial charge in [0.05, 0.1) is 11.2 Å². The molecule has 156 valence electrons. The van der Waals surface area contributed by atoms with Crippen molar-refractivity contribution in [2.45, 2.75) is 44.2 Å². The number of amides is 1. The molecule has 1 fully saturated rings. The molecule has 0 spiro atoms. The molecule has 1 saturated carbocycles. The summed E-state index contributed by atoms with van der Waals surface area (Å²) in [5.41, 5.74) is 4.58. The van der Waals surface area contributed by atoms with Gasteiger partial charge in [-0.25, -0.2) is 8.78 Å². The van der Waals surface area contributed by atoms with Gasteiger partial charge in [-0.05, 0) is 42.7 Å². The Morgan fingerprint density at radius 1 is 1.14 bits per heavy atom. The van der Waals surface area contributed by atoms with Gasteiger partial charge in [-0.15, -0.1) is 0 Å². The van der Waals surface area contributed by atoms with Crippen LogP contribution in [0.2, 0.25) is 0 Å². The molecule has 1 aliphatic rings. The van der Waals surface area contributed by atoms with E-state index in [0.29, 0.717) is 12.1 Å². The minimum absolute atomic E-state index is 0.0457. The minimum atomic E-state index is -0.906. The lowest BCUT2D eigenvalue weighted by molar-refractivity contribution is 0.00466. The molecule has 29 heavy (non-hydrogen) atoms. The van der Waals surface area contributed by atoms with Crippen LogP contribution in [0.1, 0.15) is 48.0 Å². The zero-order valence-corrected chi connectivity index (χ0v) is 15.9. The lowest BCUT2D eigenvalue weighted by Gasteiger charge is -2.32. The number of ether oxygens (including phenoxy) is 1. The van der Waals surface area contributed by atoms with Crippen LogP contribution in [0.4, 0.5) is 8.78 Å². The minimum Gasteiger partial charge on any atom is -0.507 e. The predicted octanol–water partition coefficient (Wildman–Crippen LogP) is 3.35. The number of carbonyl (C=O) groups excluding carboxylic acids is 1. The van der Waals surface area contributed by atoms with Crippen LogP contribution in [0.5, 0.6) is 17.2 Å². The Bertz CT molecular complexity index is 875. The first-order chi connectivity index (χ1) is 13.8. The Kier molecular flexibility index (Phi) is 6.34. The third-order valence-corrected chi connectivity index (χ3v) is 5.08. The van der Waals surface area contributed by atoms with Crippen LogP contribution in [-0.4, -0.2) is 28.3 Å². The quantitative estimate of drug-likeness (QED) is 0.565. The first kappa shape index (κ1) is 21.0. The molecule has 5 N–H and O–H groups in total. The molecule has 0 saturated heterocycles. The van der Waals surface area contributed by atoms with E-state index in [1.54, 1.807) is 0 Å². The van der Waals surface area contributed by atoms with Gasteiger partial charge in [0.25, 0.3) is 5.91 Å². The van der Waals surface area contributed by atoms with Gasteiger partial charge >= 0.3 is 0 Å². The number of phenols is 1. The number of nitrogens with one attached hydrogen (secondary N) is 1. The second kappa shape index (κ2) is 8.75. The lowest BCUT2D eigenvalue weighted by atomic mass is 9.85. The molecule has 0 aliphatic heterocycles. The van der Waals surface area contributed by atoms with E-state index in [4.69, 9.17) is 10.5 Å². The highest BCUT2D eigenvalue weighted by atomic mass is 19.1. The number of primary amides is 1. The molecule has 0 bridgehead atoms. The first-order valence-corrected chi connectivity index (χ1v) is 9.49. The summed E-state index contributed by atoms with van der Waals surface area (Å²) in [6.45, 7) is 0.560. The van der Waals surface area contributed by atoms with Gasteiger partial charge in [-0.2, -0.15) is 0 Å². The standard InChI is InChI=1S/C21H24F2N2O4/c22-16-8-13(11-25-12-21(28)6-2-1-3-7-21)9-17(23)19(16)29-14-4-5-15(20(24)27)18(26)10-14/h4-5,8-10,25-26,28H,1-3,6-7,11-12H2,(H2,24,27). The third kappa shape index (κ3) is 5.21. The van der Waals surface area contributed by atoms with E-state index in [1.807, 2.05) is 0 Å². The van der Waals surface area contributed by atoms with E-state index in [0.717, 1.165) is 50.3 Å². The Hall–Kier alpha value is -2.71. The SMILES string of the molecule is NC(=O)c1ccc(Oc2c(F)cc(CNCC3(O)CCCCC3)cc2F)cc1O. The molecular weight excluding hydrogens is 382 g/mol. The number of nitrogens with two attached hydrogens (primary N) is 1. The van der Waals surface area contributed by atoms with Gasteiger partial charge < -0.3 is 26.0 Å². The monoisotopic (exact) mass is 406 g/mol. The summed E-state index contributed by atoms with van der Waals surface area (Å²) in [4.78, 5) is 11.1. The number of hydrogen-bond acceptors (Lipinski definition) is 5. The van der Waals surface area contributed by atoms with Crippen molar-refractivity contribution >= 4 is 5.91 Å². The second-order valence-corrected chi connectivity index (χ2v) is 7.42. The van der Waals surface area contributed by atoms with E-state index < -0.39 is 34.6 Å². The molecule has 0 aromatic heterocycles. The fraction of sp³-hybridized carbons (Fsp3) is 0.381. The molecule has 1 amide bonds. The average Bonchev–Trinajstić information content (AvgIpc) is 2.65. The van der Waals surface area contributed by atoms with Crippen LogP contribution in [-0.2, 0) is 6.54 Å². The highest BCUT2D eigenvalue weighted by Crippen LogP contribution is 2.32. The molecule has 8 heteroatoms. The fourth-order valence-electron chi connectivity index (χ4n) is 3.54. The largest absolute Gasteiger partial charge is 0.507 e. The number of carbonyl (C=O) groups is 1. The summed E-state index contributed by atoms with van der Waals surface area (Å²) in [6, 6.07) is 5.83. The molecule has 1 aliphatic carbocycles. The summed E-state index contributed by atoms with van der Waals surface area (Å²) in [7, 11) is 0. The summed E-state index contributed by atoms with van der Waals surface area (Å²) in [5.74, 6) is -3.76. The zero-order valence-electron chi connectivity index (χ0n) is 15.9. The van der Waals surface area contributed by atoms with E-state index in [2.05, 4.69) is 5.32 Å². The Labute approximate surface area is 167 Å². The summed E-state index contributed by atoms with van der Waals surface area (Å²) in [6.07, 6.45) is 4.50. The van der Waals surface area contributed by atoms with Crippen molar-refractivity contribution in [2.24, 2.45) is 5.73 Å². The van der Waals surface area contributed by atoms with Crippen LogP contribution in [0.15, 0.2) is 30.3 Å². The fourth-order valence-corrected chi connectivity index (χ4v) is 3.54. The van der Waals surface area contributed by atoms with Crippen LogP contribution in [0.25, 0.3) is 0 Å². The summed E-state index contributed by atoms with van der Waals surface area (Å²) < 4.78 is 34.0. The molecular formula is C21H24F2N2O4. The van der Waals surface area contributed by atoms with Crippen molar-refractivity contribution < 1.29 is 28.5 Å². The van der Waals surface area contributed by atoms with Gasteiger partial charge in [0.1, 0.15) is 11.5 Å². The van der Waals surface area contributed by atoms with Crippen molar-refractivity contribution in [3.8, 4) is 17.2 Å². The summed E-state index contributed by atoms with van der Waals surface area (Å²) in [5, 5.41) is 23.3. The Balaban J connectivity index is 1.66. The molecule has 0 unspecified atom stereocenters. The predicted molar refractivity (Wildman–Crippen MR) is 103 cm³/mol. The molecule has 0 radical (unpaired) electrons. The number of benzene rings is 2. The normalized spacial score (nSPS) is 15.8. The van der Waals surface area contributed by atoms with Crippen LogP contribution in [0.3, 0.4) is 0 Å². The molecule has 2 aromatic rings. The smallest absolute Gasteiger partial charge is 0.252 e. The highest BCUT2D eigenvalue weighted by Gasteiger charge is 2.28. The highest BCUT2D eigenvalue weighted by molar-refractivity contribution is 5.95. The van der Waals surface area contributed by atoms with Gasteiger partial charge in [0.2, 0.25) is 0 Å². The average molecular weight is 406 g/mol. The zero-order chi connectivity index (χ0) is 21.0. The van der Waals surface area contributed by atoms with E-state index in [1.165, 1.54) is 12.1 Å². The number of hydrogen-bond donors (Lipinski definition) is 4. The van der Waals surface area contributed by atoms with E-state index >= 15 is 0 Å². The van der Waals surface area contributed by atoms with Crippen LogP contribution >= 0.6 is 0 Å². The van der Waals surface area contributed by atoms with Crippen molar-refractivity contribution in [2.75, 3.05) is 6.54 Å². The molecule has 6 nitrogen and oxygen atoms in total. The van der Waals surface area contributed by atoms with Gasteiger partial charge in [-0.3, -0.25) is 4.79 Å². The topological polar surface area (TPSA) is 105 Å². The maximum absolute atomic E-state index is 14.4. The Morgan fingerprint density at radius 2 is 1.79 bits per heavy atom. The molecule has 0 heterocycles. The lowest BCUT2D eigenvalue weighted by Crippen LogP contribution is -2.41. The Morgan fingerprint density at radius 3 is 2.38 bits per heavy atom. The van der Waals surface area contributed by atoms with Crippen molar-refractivity contribution in [1.82, 2.24) is 5.32 Å². The maximum Gasteiger partial charge on any atom is 0.252 e. The maximum atomic E-state index is 14.4.